The SMILES string of the molecule is CC[C@@H](CO)NCc1coc2ccccc12. The lowest BCUT2D eigenvalue weighted by molar-refractivity contribution is 0.238. The van der Waals surface area contributed by atoms with E-state index in [9.17, 15) is 0 Å². The summed E-state index contributed by atoms with van der Waals surface area (Å²) in [6.07, 6.45) is 2.70. The van der Waals surface area contributed by atoms with Gasteiger partial charge in [-0.25, -0.2) is 0 Å². The molecule has 0 amide bonds. The molecule has 0 aliphatic heterocycles. The van der Waals surface area contributed by atoms with Gasteiger partial charge in [0.2, 0.25) is 0 Å². The Morgan fingerprint density at radius 1 is 1.38 bits per heavy atom. The molecule has 3 nitrogen and oxygen atoms in total. The molecular weight excluding hydrogens is 202 g/mol. The predicted molar refractivity (Wildman–Crippen MR) is 64.2 cm³/mol. The van der Waals surface area contributed by atoms with E-state index in [-0.39, 0.29) is 12.6 Å². The van der Waals surface area contributed by atoms with E-state index in [0.29, 0.717) is 0 Å². The van der Waals surface area contributed by atoms with Crippen molar-refractivity contribution in [2.24, 2.45) is 0 Å². The van der Waals surface area contributed by atoms with Crippen LogP contribution in [-0.4, -0.2) is 17.8 Å². The van der Waals surface area contributed by atoms with Crippen molar-refractivity contribution in [2.45, 2.75) is 25.9 Å². The van der Waals surface area contributed by atoms with Gasteiger partial charge in [0.25, 0.3) is 0 Å². The van der Waals surface area contributed by atoms with Crippen molar-refractivity contribution >= 4 is 11.0 Å². The Morgan fingerprint density at radius 3 is 2.94 bits per heavy atom. The van der Waals surface area contributed by atoms with E-state index in [4.69, 9.17) is 9.52 Å². The predicted octanol–water partition coefficient (Wildman–Crippen LogP) is 2.29. The highest BCUT2D eigenvalue weighted by molar-refractivity contribution is 5.80. The van der Waals surface area contributed by atoms with Crippen molar-refractivity contribution in [3.63, 3.8) is 0 Å². The van der Waals surface area contributed by atoms with Gasteiger partial charge in [-0.05, 0) is 12.5 Å². The molecule has 0 aliphatic carbocycles. The number of furan rings is 1. The highest BCUT2D eigenvalue weighted by atomic mass is 16.3. The smallest absolute Gasteiger partial charge is 0.134 e. The van der Waals surface area contributed by atoms with Crippen LogP contribution in [0.1, 0.15) is 18.9 Å². The van der Waals surface area contributed by atoms with Crippen LogP contribution in [0.3, 0.4) is 0 Å². The molecule has 2 aromatic rings. The van der Waals surface area contributed by atoms with Crippen molar-refractivity contribution in [1.29, 1.82) is 0 Å². The van der Waals surface area contributed by atoms with Crippen molar-refractivity contribution in [1.82, 2.24) is 5.32 Å². The Labute approximate surface area is 95.1 Å². The van der Waals surface area contributed by atoms with Crippen molar-refractivity contribution < 1.29 is 9.52 Å². The Hall–Kier alpha value is -1.32. The summed E-state index contributed by atoms with van der Waals surface area (Å²) >= 11 is 0. The topological polar surface area (TPSA) is 45.4 Å². The van der Waals surface area contributed by atoms with Crippen molar-refractivity contribution in [3.8, 4) is 0 Å². The number of fused-ring (bicyclic) bond motifs is 1. The number of rotatable bonds is 5. The molecule has 0 aliphatic rings. The molecule has 0 bridgehead atoms. The Bertz CT molecular complexity index is 446. The summed E-state index contributed by atoms with van der Waals surface area (Å²) in [5.41, 5.74) is 2.05. The van der Waals surface area contributed by atoms with Gasteiger partial charge in [0.15, 0.2) is 0 Å². The number of aliphatic hydroxyl groups excluding tert-OH is 1. The summed E-state index contributed by atoms with van der Waals surface area (Å²) in [4.78, 5) is 0. The molecule has 0 fully saturated rings. The van der Waals surface area contributed by atoms with Crippen LogP contribution < -0.4 is 5.32 Å². The molecule has 1 heterocycles. The summed E-state index contributed by atoms with van der Waals surface area (Å²) < 4.78 is 5.45. The highest BCUT2D eigenvalue weighted by Crippen LogP contribution is 2.20. The van der Waals surface area contributed by atoms with Crippen LogP contribution in [0.4, 0.5) is 0 Å². The van der Waals surface area contributed by atoms with Crippen LogP contribution in [0.2, 0.25) is 0 Å². The first-order valence-corrected chi connectivity index (χ1v) is 5.64. The number of nitrogens with one attached hydrogen (secondary N) is 1. The van der Waals surface area contributed by atoms with Gasteiger partial charge in [0.05, 0.1) is 12.9 Å². The monoisotopic (exact) mass is 219 g/mol. The third kappa shape index (κ3) is 2.26. The lowest BCUT2D eigenvalue weighted by Gasteiger charge is -2.12. The number of aliphatic hydroxyl groups is 1. The van der Waals surface area contributed by atoms with Crippen LogP contribution in [0, 0.1) is 0 Å². The zero-order valence-corrected chi connectivity index (χ0v) is 9.44. The molecule has 16 heavy (non-hydrogen) atoms. The van der Waals surface area contributed by atoms with E-state index < -0.39 is 0 Å². The minimum absolute atomic E-state index is 0.161. The minimum atomic E-state index is 0.161. The molecule has 0 radical (unpaired) electrons. The maximum absolute atomic E-state index is 9.08. The average Bonchev–Trinajstić information content (AvgIpc) is 2.74. The first-order chi connectivity index (χ1) is 7.85. The molecule has 1 atom stereocenters. The second kappa shape index (κ2) is 5.14. The third-order valence-corrected chi connectivity index (χ3v) is 2.86. The first-order valence-electron chi connectivity index (χ1n) is 5.64. The van der Waals surface area contributed by atoms with Gasteiger partial charge in [-0.15, -0.1) is 0 Å². The van der Waals surface area contributed by atoms with Crippen LogP contribution >= 0.6 is 0 Å². The number of benzene rings is 1. The highest BCUT2D eigenvalue weighted by Gasteiger charge is 2.07. The average molecular weight is 219 g/mol. The molecule has 2 N–H and O–H groups in total. The molecule has 1 aromatic carbocycles. The molecular formula is C13H17NO2. The fourth-order valence-electron chi connectivity index (χ4n) is 1.76. The van der Waals surface area contributed by atoms with Gasteiger partial charge < -0.3 is 14.8 Å². The van der Waals surface area contributed by atoms with E-state index in [1.54, 1.807) is 6.26 Å². The van der Waals surface area contributed by atoms with Gasteiger partial charge in [0, 0.05) is 23.5 Å². The fraction of sp³-hybridized carbons (Fsp3) is 0.385. The minimum Gasteiger partial charge on any atom is -0.464 e. The molecule has 0 spiro atoms. The summed E-state index contributed by atoms with van der Waals surface area (Å²) in [5.74, 6) is 0. The summed E-state index contributed by atoms with van der Waals surface area (Å²) in [6, 6.07) is 8.14. The molecule has 1 aromatic heterocycles. The van der Waals surface area contributed by atoms with Crippen LogP contribution in [0.5, 0.6) is 0 Å². The van der Waals surface area contributed by atoms with E-state index in [1.807, 2.05) is 18.2 Å². The molecule has 0 saturated heterocycles. The molecule has 2 rings (SSSR count). The van der Waals surface area contributed by atoms with Gasteiger partial charge in [-0.3, -0.25) is 0 Å². The van der Waals surface area contributed by atoms with Gasteiger partial charge in [0.1, 0.15) is 5.58 Å². The fourth-order valence-corrected chi connectivity index (χ4v) is 1.76. The van der Waals surface area contributed by atoms with Crippen molar-refractivity contribution in [2.75, 3.05) is 6.61 Å². The summed E-state index contributed by atoms with van der Waals surface area (Å²) in [6.45, 7) is 2.96. The maximum atomic E-state index is 9.08. The summed E-state index contributed by atoms with van der Waals surface area (Å²) in [5, 5.41) is 13.5. The second-order valence-electron chi connectivity index (χ2n) is 3.93. The lowest BCUT2D eigenvalue weighted by atomic mass is 10.1. The normalized spacial score (nSPS) is 13.1. The van der Waals surface area contributed by atoms with Gasteiger partial charge in [-0.1, -0.05) is 25.1 Å². The first kappa shape index (κ1) is 11.2. The number of hydrogen-bond acceptors (Lipinski definition) is 3. The standard InChI is InChI=1S/C13H17NO2/c1-2-11(8-15)14-7-10-9-16-13-6-4-3-5-12(10)13/h3-6,9,11,14-15H,2,7-8H2,1H3/t11-/m0/s1. The third-order valence-electron chi connectivity index (χ3n) is 2.86. The lowest BCUT2D eigenvalue weighted by Crippen LogP contribution is -2.31. The molecule has 0 unspecified atom stereocenters. The van der Waals surface area contributed by atoms with Gasteiger partial charge in [-0.2, -0.15) is 0 Å². The van der Waals surface area contributed by atoms with Crippen LogP contribution in [0.25, 0.3) is 11.0 Å². The maximum Gasteiger partial charge on any atom is 0.134 e. The summed E-state index contributed by atoms with van der Waals surface area (Å²) in [7, 11) is 0. The molecule has 86 valence electrons. The van der Waals surface area contributed by atoms with E-state index >= 15 is 0 Å². The zero-order chi connectivity index (χ0) is 11.4. The number of para-hydroxylation sites is 1. The largest absolute Gasteiger partial charge is 0.464 e. The van der Waals surface area contributed by atoms with E-state index in [0.717, 1.165) is 29.5 Å². The Balaban J connectivity index is 2.09. The molecule has 0 saturated carbocycles. The molecule has 3 heteroatoms. The Kier molecular flexibility index (Phi) is 3.59. The van der Waals surface area contributed by atoms with Crippen LogP contribution in [-0.2, 0) is 6.54 Å². The van der Waals surface area contributed by atoms with Crippen LogP contribution in [0.15, 0.2) is 34.9 Å². The van der Waals surface area contributed by atoms with E-state index in [2.05, 4.69) is 18.3 Å². The quantitative estimate of drug-likeness (QED) is 0.811. The van der Waals surface area contributed by atoms with Crippen molar-refractivity contribution in [3.05, 3.63) is 36.1 Å². The number of hydrogen-bond donors (Lipinski definition) is 2. The van der Waals surface area contributed by atoms with Gasteiger partial charge >= 0.3 is 0 Å². The zero-order valence-electron chi connectivity index (χ0n) is 9.44. The van der Waals surface area contributed by atoms with E-state index in [1.165, 1.54) is 0 Å². The second-order valence-corrected chi connectivity index (χ2v) is 3.93. The Morgan fingerprint density at radius 2 is 2.19 bits per heavy atom.